The molecule has 2 aromatic carbocycles. The first-order valence-electron chi connectivity index (χ1n) is 12.8. The van der Waals surface area contributed by atoms with Crippen LogP contribution in [0.2, 0.25) is 0 Å². The van der Waals surface area contributed by atoms with Crippen molar-refractivity contribution in [3.63, 3.8) is 0 Å². The van der Waals surface area contributed by atoms with Crippen LogP contribution >= 0.6 is 0 Å². The van der Waals surface area contributed by atoms with E-state index >= 15 is 0 Å². The SMILES string of the molecule is COc1ccc(-n2cc(COC3[C@H](OC)OC(CO)[C@H](O)[C@@H]3OCc3cn(-c4ccc(OC)cc4)nn3)nn2)cc1. The van der Waals surface area contributed by atoms with Crippen molar-refractivity contribution in [2.45, 2.75) is 43.9 Å². The molecule has 3 heterocycles. The van der Waals surface area contributed by atoms with Crippen molar-refractivity contribution in [1.29, 1.82) is 0 Å². The molecular formula is C27H32N6O8. The molecule has 5 atom stereocenters. The van der Waals surface area contributed by atoms with Crippen molar-refractivity contribution in [2.75, 3.05) is 27.9 Å². The third-order valence-corrected chi connectivity index (χ3v) is 6.63. The van der Waals surface area contributed by atoms with E-state index in [1.165, 1.54) is 7.11 Å². The molecule has 1 fully saturated rings. The molecule has 1 saturated heterocycles. The fourth-order valence-corrected chi connectivity index (χ4v) is 4.41. The molecule has 14 nitrogen and oxygen atoms in total. The number of methoxy groups -OCH3 is 3. The molecule has 0 amide bonds. The van der Waals surface area contributed by atoms with Crippen molar-refractivity contribution in [2.24, 2.45) is 0 Å². The maximum atomic E-state index is 11.0. The normalized spacial score (nSPS) is 22.5. The minimum Gasteiger partial charge on any atom is -0.497 e. The van der Waals surface area contributed by atoms with Gasteiger partial charge in [-0.2, -0.15) is 0 Å². The van der Waals surface area contributed by atoms with Gasteiger partial charge in [0.15, 0.2) is 6.29 Å². The zero-order valence-corrected chi connectivity index (χ0v) is 22.8. The predicted octanol–water partition coefficient (Wildman–Crippen LogP) is 1.06. The lowest BCUT2D eigenvalue weighted by Crippen LogP contribution is -2.60. The van der Waals surface area contributed by atoms with Gasteiger partial charge in [-0.05, 0) is 48.5 Å². The van der Waals surface area contributed by atoms with Crippen molar-refractivity contribution < 1.29 is 38.6 Å². The van der Waals surface area contributed by atoms with Gasteiger partial charge in [0.05, 0.1) is 57.8 Å². The lowest BCUT2D eigenvalue weighted by molar-refractivity contribution is -0.314. The first-order chi connectivity index (χ1) is 20.0. The van der Waals surface area contributed by atoms with Gasteiger partial charge in [-0.3, -0.25) is 0 Å². The molecule has 218 valence electrons. The van der Waals surface area contributed by atoms with Gasteiger partial charge in [0.25, 0.3) is 0 Å². The highest BCUT2D eigenvalue weighted by Gasteiger charge is 2.47. The molecule has 41 heavy (non-hydrogen) atoms. The van der Waals surface area contributed by atoms with Crippen LogP contribution in [-0.2, 0) is 32.2 Å². The number of ether oxygens (including phenoxy) is 6. The van der Waals surface area contributed by atoms with E-state index in [4.69, 9.17) is 28.4 Å². The lowest BCUT2D eigenvalue weighted by atomic mass is 9.98. The summed E-state index contributed by atoms with van der Waals surface area (Å²) in [6, 6.07) is 14.7. The highest BCUT2D eigenvalue weighted by molar-refractivity contribution is 5.37. The van der Waals surface area contributed by atoms with Gasteiger partial charge in [-0.1, -0.05) is 10.4 Å². The summed E-state index contributed by atoms with van der Waals surface area (Å²) in [4.78, 5) is 0. The average molecular weight is 569 g/mol. The Hall–Kier alpha value is -3.92. The van der Waals surface area contributed by atoms with Crippen LogP contribution in [0, 0.1) is 0 Å². The molecule has 0 radical (unpaired) electrons. The molecule has 0 aliphatic carbocycles. The number of hydrogen-bond acceptors (Lipinski definition) is 12. The topological polar surface area (TPSA) is 157 Å². The van der Waals surface area contributed by atoms with Crippen LogP contribution in [0.3, 0.4) is 0 Å². The molecular weight excluding hydrogens is 536 g/mol. The summed E-state index contributed by atoms with van der Waals surface area (Å²) in [5.74, 6) is 1.46. The minimum absolute atomic E-state index is 0.0139. The van der Waals surface area contributed by atoms with Crippen molar-refractivity contribution in [3.8, 4) is 22.9 Å². The van der Waals surface area contributed by atoms with E-state index in [-0.39, 0.29) is 13.2 Å². The highest BCUT2D eigenvalue weighted by Crippen LogP contribution is 2.28. The molecule has 2 unspecified atom stereocenters. The van der Waals surface area contributed by atoms with Gasteiger partial charge < -0.3 is 38.6 Å². The van der Waals surface area contributed by atoms with Gasteiger partial charge >= 0.3 is 0 Å². The summed E-state index contributed by atoms with van der Waals surface area (Å²) in [6.07, 6.45) is -1.40. The second-order valence-electron chi connectivity index (χ2n) is 9.21. The monoisotopic (exact) mass is 568 g/mol. The Labute approximate surface area is 235 Å². The largest absolute Gasteiger partial charge is 0.497 e. The van der Waals surface area contributed by atoms with E-state index in [0.717, 1.165) is 22.9 Å². The van der Waals surface area contributed by atoms with Crippen LogP contribution in [0.4, 0.5) is 0 Å². The first kappa shape index (κ1) is 28.6. The van der Waals surface area contributed by atoms with Crippen LogP contribution in [0.1, 0.15) is 11.4 Å². The average Bonchev–Trinajstić information content (AvgIpc) is 3.70. The van der Waals surface area contributed by atoms with E-state index in [0.29, 0.717) is 11.4 Å². The first-order valence-corrected chi connectivity index (χ1v) is 12.8. The number of aliphatic hydroxyl groups is 2. The summed E-state index contributed by atoms with van der Waals surface area (Å²) in [7, 11) is 4.65. The summed E-state index contributed by atoms with van der Waals surface area (Å²) < 4.78 is 37.0. The Kier molecular flexibility index (Phi) is 9.18. The van der Waals surface area contributed by atoms with E-state index < -0.39 is 37.3 Å². The van der Waals surface area contributed by atoms with Crippen molar-refractivity contribution in [1.82, 2.24) is 30.0 Å². The van der Waals surface area contributed by atoms with E-state index in [1.807, 2.05) is 48.5 Å². The maximum absolute atomic E-state index is 11.0. The second kappa shape index (κ2) is 13.2. The van der Waals surface area contributed by atoms with E-state index in [9.17, 15) is 10.2 Å². The Bertz CT molecular complexity index is 1380. The van der Waals surface area contributed by atoms with E-state index in [1.54, 1.807) is 36.0 Å². The Morgan fingerprint density at radius 2 is 1.24 bits per heavy atom. The van der Waals surface area contributed by atoms with Gasteiger partial charge in [0.2, 0.25) is 0 Å². The van der Waals surface area contributed by atoms with Gasteiger partial charge in [-0.25, -0.2) is 9.36 Å². The maximum Gasteiger partial charge on any atom is 0.186 e. The number of benzene rings is 2. The fraction of sp³-hybridized carbons (Fsp3) is 0.407. The molecule has 2 aromatic heterocycles. The third kappa shape index (κ3) is 6.53. The van der Waals surface area contributed by atoms with Crippen LogP contribution in [0.15, 0.2) is 60.9 Å². The fourth-order valence-electron chi connectivity index (χ4n) is 4.41. The molecule has 0 saturated carbocycles. The molecule has 4 aromatic rings. The Balaban J connectivity index is 1.27. The summed E-state index contributed by atoms with van der Waals surface area (Å²) >= 11 is 0. The molecule has 0 bridgehead atoms. The molecule has 1 aliphatic rings. The van der Waals surface area contributed by atoms with E-state index in [2.05, 4.69) is 20.6 Å². The Morgan fingerprint density at radius 1 is 0.756 bits per heavy atom. The molecule has 5 rings (SSSR count). The Morgan fingerprint density at radius 3 is 1.68 bits per heavy atom. The van der Waals surface area contributed by atoms with Crippen molar-refractivity contribution in [3.05, 3.63) is 72.3 Å². The minimum atomic E-state index is -1.21. The number of nitrogens with zero attached hydrogens (tertiary/aromatic N) is 6. The van der Waals surface area contributed by atoms with Crippen LogP contribution < -0.4 is 9.47 Å². The van der Waals surface area contributed by atoms with Crippen LogP contribution in [0.5, 0.6) is 11.5 Å². The van der Waals surface area contributed by atoms with Crippen LogP contribution in [-0.4, -0.2) is 98.8 Å². The molecule has 14 heteroatoms. The molecule has 0 spiro atoms. The summed E-state index contributed by atoms with van der Waals surface area (Å²) in [6.45, 7) is -0.383. The molecule has 2 N–H and O–H groups in total. The number of aliphatic hydroxyl groups excluding tert-OH is 2. The number of hydrogen-bond donors (Lipinski definition) is 2. The smallest absolute Gasteiger partial charge is 0.186 e. The zero-order valence-electron chi connectivity index (χ0n) is 22.8. The third-order valence-electron chi connectivity index (χ3n) is 6.63. The van der Waals surface area contributed by atoms with Crippen molar-refractivity contribution >= 4 is 0 Å². The summed E-state index contributed by atoms with van der Waals surface area (Å²) in [5, 5.41) is 37.4. The molecule has 1 aliphatic heterocycles. The quantitative estimate of drug-likeness (QED) is 0.251. The zero-order chi connectivity index (χ0) is 28.8. The standard InChI is InChI=1S/C27H32N6O8/c1-36-21-8-4-19(5-9-21)32-12-17(28-30-32)15-39-25-24(35)23(14-34)41-27(38-3)26(25)40-16-18-13-33(31-29-18)20-6-10-22(37-2)11-7-20/h4-13,23-27,34-35H,14-16H2,1-3H3/t23?,24-,25-,26?,27+/m0/s1. The predicted molar refractivity (Wildman–Crippen MR) is 142 cm³/mol. The van der Waals surface area contributed by atoms with Gasteiger partial charge in [0, 0.05) is 7.11 Å². The lowest BCUT2D eigenvalue weighted by Gasteiger charge is -2.43. The second-order valence-corrected chi connectivity index (χ2v) is 9.21. The van der Waals surface area contributed by atoms with Crippen LogP contribution in [0.25, 0.3) is 11.4 Å². The summed E-state index contributed by atoms with van der Waals surface area (Å²) in [5.41, 5.74) is 2.65. The number of aromatic nitrogens is 6. The highest BCUT2D eigenvalue weighted by atomic mass is 16.7. The van der Waals surface area contributed by atoms with Gasteiger partial charge in [0.1, 0.15) is 47.3 Å². The van der Waals surface area contributed by atoms with Gasteiger partial charge in [-0.15, -0.1) is 10.2 Å². The number of rotatable bonds is 12.